The lowest BCUT2D eigenvalue weighted by Gasteiger charge is -2.00. The fourth-order valence-electron chi connectivity index (χ4n) is 1.90. The summed E-state index contributed by atoms with van der Waals surface area (Å²) < 4.78 is 1.59. The average molecular weight is 240 g/mol. The molecule has 0 fully saturated rings. The van der Waals surface area contributed by atoms with E-state index in [1.807, 2.05) is 18.2 Å². The molecule has 0 aliphatic rings. The van der Waals surface area contributed by atoms with Crippen molar-refractivity contribution in [2.75, 3.05) is 5.73 Å². The highest BCUT2D eigenvalue weighted by atomic mass is 16.3. The van der Waals surface area contributed by atoms with Gasteiger partial charge in [-0.3, -0.25) is 0 Å². The fourth-order valence-corrected chi connectivity index (χ4v) is 1.90. The quantitative estimate of drug-likeness (QED) is 0.713. The molecular weight excluding hydrogens is 228 g/mol. The van der Waals surface area contributed by atoms with Crippen molar-refractivity contribution >= 4 is 11.5 Å². The highest BCUT2D eigenvalue weighted by molar-refractivity contribution is 5.47. The maximum Gasteiger partial charge on any atom is 0.157 e. The fraction of sp³-hybridized carbons (Fsp3) is 0.0769. The van der Waals surface area contributed by atoms with Crippen LogP contribution in [0.5, 0.6) is 5.75 Å². The molecule has 0 saturated heterocycles. The molecular formula is C13H12N4O. The van der Waals surface area contributed by atoms with Crippen LogP contribution in [0.2, 0.25) is 0 Å². The van der Waals surface area contributed by atoms with E-state index in [2.05, 4.69) is 10.1 Å². The molecule has 2 aromatic heterocycles. The molecule has 0 amide bonds. The maximum absolute atomic E-state index is 9.73. The summed E-state index contributed by atoms with van der Waals surface area (Å²) >= 11 is 0. The third-order valence-corrected chi connectivity index (χ3v) is 2.80. The molecule has 5 heteroatoms. The second-order valence-electron chi connectivity index (χ2n) is 4.08. The number of rotatable bonds is 2. The van der Waals surface area contributed by atoms with E-state index in [0.717, 1.165) is 11.3 Å². The van der Waals surface area contributed by atoms with Crippen LogP contribution < -0.4 is 5.73 Å². The van der Waals surface area contributed by atoms with Gasteiger partial charge in [-0.05, 0) is 17.7 Å². The van der Waals surface area contributed by atoms with Gasteiger partial charge >= 0.3 is 0 Å². The normalized spacial score (nSPS) is 10.9. The molecule has 0 unspecified atom stereocenters. The SMILES string of the molecule is Nc1ccnc2cc(Cc3ccccc3O)nn12. The van der Waals surface area contributed by atoms with Crippen LogP contribution in [0.4, 0.5) is 5.82 Å². The average Bonchev–Trinajstić information content (AvgIpc) is 2.76. The van der Waals surface area contributed by atoms with E-state index in [9.17, 15) is 5.11 Å². The summed E-state index contributed by atoms with van der Waals surface area (Å²) in [6, 6.07) is 10.8. The van der Waals surface area contributed by atoms with Gasteiger partial charge in [0.25, 0.3) is 0 Å². The van der Waals surface area contributed by atoms with E-state index < -0.39 is 0 Å². The van der Waals surface area contributed by atoms with Gasteiger partial charge in [0, 0.05) is 18.7 Å². The summed E-state index contributed by atoms with van der Waals surface area (Å²) in [6.07, 6.45) is 2.20. The Balaban J connectivity index is 2.01. The number of phenols is 1. The van der Waals surface area contributed by atoms with Crippen molar-refractivity contribution in [1.29, 1.82) is 0 Å². The minimum absolute atomic E-state index is 0.274. The number of benzene rings is 1. The summed E-state index contributed by atoms with van der Waals surface area (Å²) in [6.45, 7) is 0. The lowest BCUT2D eigenvalue weighted by atomic mass is 10.1. The van der Waals surface area contributed by atoms with E-state index in [4.69, 9.17) is 5.73 Å². The van der Waals surface area contributed by atoms with Crippen LogP contribution in [0, 0.1) is 0 Å². The molecule has 0 atom stereocenters. The molecule has 2 heterocycles. The Hall–Kier alpha value is -2.56. The predicted molar refractivity (Wildman–Crippen MR) is 68.3 cm³/mol. The molecule has 3 N–H and O–H groups in total. The third-order valence-electron chi connectivity index (χ3n) is 2.80. The molecule has 0 aliphatic heterocycles. The molecule has 0 radical (unpaired) electrons. The molecule has 0 saturated carbocycles. The number of nitrogens with zero attached hydrogens (tertiary/aromatic N) is 3. The van der Waals surface area contributed by atoms with E-state index in [1.165, 1.54) is 0 Å². The van der Waals surface area contributed by atoms with Crippen LogP contribution in [0.3, 0.4) is 0 Å². The van der Waals surface area contributed by atoms with Crippen LogP contribution in [0.15, 0.2) is 42.6 Å². The molecule has 1 aromatic carbocycles. The molecule has 0 aliphatic carbocycles. The van der Waals surface area contributed by atoms with Gasteiger partial charge in [0.1, 0.15) is 11.6 Å². The second-order valence-corrected chi connectivity index (χ2v) is 4.08. The van der Waals surface area contributed by atoms with Gasteiger partial charge in [-0.1, -0.05) is 18.2 Å². The Morgan fingerprint density at radius 3 is 2.83 bits per heavy atom. The summed E-state index contributed by atoms with van der Waals surface area (Å²) in [5.41, 5.74) is 8.17. The monoisotopic (exact) mass is 240 g/mol. The minimum atomic E-state index is 0.274. The van der Waals surface area contributed by atoms with Gasteiger partial charge in [-0.2, -0.15) is 9.61 Å². The van der Waals surface area contributed by atoms with Crippen molar-refractivity contribution in [1.82, 2.24) is 14.6 Å². The topological polar surface area (TPSA) is 76.4 Å². The number of hydrogen-bond acceptors (Lipinski definition) is 4. The van der Waals surface area contributed by atoms with Crippen molar-refractivity contribution in [2.45, 2.75) is 6.42 Å². The first kappa shape index (κ1) is 10.6. The van der Waals surface area contributed by atoms with Gasteiger partial charge < -0.3 is 10.8 Å². The Morgan fingerprint density at radius 1 is 1.22 bits per heavy atom. The van der Waals surface area contributed by atoms with Crippen molar-refractivity contribution < 1.29 is 5.11 Å². The summed E-state index contributed by atoms with van der Waals surface area (Å²) in [4.78, 5) is 4.18. The number of para-hydroxylation sites is 1. The lowest BCUT2D eigenvalue weighted by Crippen LogP contribution is -1.99. The molecule has 3 aromatic rings. The van der Waals surface area contributed by atoms with E-state index in [1.54, 1.807) is 28.9 Å². The van der Waals surface area contributed by atoms with Gasteiger partial charge in [0.05, 0.1) is 5.69 Å². The molecule has 3 rings (SSSR count). The number of aromatic hydroxyl groups is 1. The molecule has 5 nitrogen and oxygen atoms in total. The Kier molecular flexibility index (Phi) is 2.37. The number of phenolic OH excluding ortho intramolecular Hbond substituents is 1. The smallest absolute Gasteiger partial charge is 0.157 e. The number of anilines is 1. The lowest BCUT2D eigenvalue weighted by molar-refractivity contribution is 0.469. The first-order valence-corrected chi connectivity index (χ1v) is 5.60. The van der Waals surface area contributed by atoms with Crippen molar-refractivity contribution in [3.05, 3.63) is 53.9 Å². The summed E-state index contributed by atoms with van der Waals surface area (Å²) in [5.74, 6) is 0.819. The Morgan fingerprint density at radius 2 is 2.06 bits per heavy atom. The largest absolute Gasteiger partial charge is 0.508 e. The minimum Gasteiger partial charge on any atom is -0.508 e. The van der Waals surface area contributed by atoms with Crippen LogP contribution in [-0.2, 0) is 6.42 Å². The van der Waals surface area contributed by atoms with Crippen molar-refractivity contribution in [2.24, 2.45) is 0 Å². The van der Waals surface area contributed by atoms with Crippen LogP contribution in [0.25, 0.3) is 5.65 Å². The summed E-state index contributed by atoms with van der Waals surface area (Å²) in [5, 5.41) is 14.1. The first-order chi connectivity index (χ1) is 8.74. The van der Waals surface area contributed by atoms with Crippen LogP contribution in [-0.4, -0.2) is 19.7 Å². The highest BCUT2D eigenvalue weighted by Gasteiger charge is 2.07. The van der Waals surface area contributed by atoms with Gasteiger partial charge in [-0.25, -0.2) is 4.98 Å². The standard InChI is InChI=1S/C13H12N4O/c14-12-5-6-15-13-8-10(16-17(12)13)7-9-3-1-2-4-11(9)18/h1-6,8,18H,7,14H2. The zero-order chi connectivity index (χ0) is 12.5. The zero-order valence-electron chi connectivity index (χ0n) is 9.61. The van der Waals surface area contributed by atoms with Gasteiger partial charge in [0.15, 0.2) is 5.65 Å². The number of nitrogen functional groups attached to an aromatic ring is 1. The van der Waals surface area contributed by atoms with Gasteiger partial charge in [-0.15, -0.1) is 0 Å². The Bertz CT molecular complexity index is 705. The summed E-state index contributed by atoms with van der Waals surface area (Å²) in [7, 11) is 0. The first-order valence-electron chi connectivity index (χ1n) is 5.60. The van der Waals surface area contributed by atoms with E-state index in [0.29, 0.717) is 17.9 Å². The number of fused-ring (bicyclic) bond motifs is 1. The maximum atomic E-state index is 9.73. The van der Waals surface area contributed by atoms with E-state index >= 15 is 0 Å². The predicted octanol–water partition coefficient (Wildman–Crippen LogP) is 1.61. The highest BCUT2D eigenvalue weighted by Crippen LogP contribution is 2.19. The molecule has 0 bridgehead atoms. The third kappa shape index (κ3) is 1.75. The number of aromatic nitrogens is 3. The van der Waals surface area contributed by atoms with Crippen molar-refractivity contribution in [3.8, 4) is 5.75 Å². The number of nitrogens with two attached hydrogens (primary N) is 1. The molecule has 0 spiro atoms. The van der Waals surface area contributed by atoms with Crippen LogP contribution >= 0.6 is 0 Å². The molecule has 90 valence electrons. The van der Waals surface area contributed by atoms with E-state index in [-0.39, 0.29) is 5.75 Å². The van der Waals surface area contributed by atoms with Gasteiger partial charge in [0.2, 0.25) is 0 Å². The van der Waals surface area contributed by atoms with Crippen molar-refractivity contribution in [3.63, 3.8) is 0 Å². The second kappa shape index (κ2) is 4.03. The molecule has 18 heavy (non-hydrogen) atoms. The van der Waals surface area contributed by atoms with Crippen LogP contribution in [0.1, 0.15) is 11.3 Å². The Labute approximate surface area is 104 Å². The number of hydrogen-bond donors (Lipinski definition) is 2. The zero-order valence-corrected chi connectivity index (χ0v) is 9.61.